The maximum atomic E-state index is 12.1. The fourth-order valence-corrected chi connectivity index (χ4v) is 2.49. The lowest BCUT2D eigenvalue weighted by molar-refractivity contribution is -0.128. The zero-order chi connectivity index (χ0) is 13.9. The molecule has 1 aliphatic rings. The SMILES string of the molecule is CC(C(=O)NCc1ccco1)N1CCCC(C)(O)C1. The second kappa shape index (κ2) is 5.75. The minimum absolute atomic E-state index is 0.0332. The van der Waals surface area contributed by atoms with Crippen LogP contribution in [-0.4, -0.2) is 40.6 Å². The van der Waals surface area contributed by atoms with Crippen LogP contribution in [0, 0.1) is 0 Å². The Morgan fingerprint density at radius 3 is 3.11 bits per heavy atom. The van der Waals surface area contributed by atoms with Crippen molar-refractivity contribution in [2.24, 2.45) is 0 Å². The van der Waals surface area contributed by atoms with E-state index >= 15 is 0 Å². The van der Waals surface area contributed by atoms with Crippen molar-refractivity contribution >= 4 is 5.91 Å². The number of rotatable bonds is 4. The van der Waals surface area contributed by atoms with Crippen molar-refractivity contribution in [3.05, 3.63) is 24.2 Å². The minimum Gasteiger partial charge on any atom is -0.467 e. The Balaban J connectivity index is 1.84. The quantitative estimate of drug-likeness (QED) is 0.857. The highest BCUT2D eigenvalue weighted by molar-refractivity contribution is 5.81. The van der Waals surface area contributed by atoms with E-state index in [9.17, 15) is 9.90 Å². The molecule has 0 saturated carbocycles. The number of aliphatic hydroxyl groups is 1. The summed E-state index contributed by atoms with van der Waals surface area (Å²) in [5.74, 6) is 0.709. The summed E-state index contributed by atoms with van der Waals surface area (Å²) in [6.45, 7) is 5.50. The Morgan fingerprint density at radius 1 is 1.68 bits per heavy atom. The Bertz CT molecular complexity index is 414. The lowest BCUT2D eigenvalue weighted by atomic mass is 9.94. The standard InChI is InChI=1S/C14H22N2O3/c1-11(16-7-4-6-14(2,18)10-16)13(17)15-9-12-5-3-8-19-12/h3,5,8,11,18H,4,6-7,9-10H2,1-2H3,(H,15,17). The Kier molecular flexibility index (Phi) is 4.27. The number of carbonyl (C=O) groups is 1. The van der Waals surface area contributed by atoms with Gasteiger partial charge in [-0.3, -0.25) is 9.69 Å². The summed E-state index contributed by atoms with van der Waals surface area (Å²) in [5.41, 5.74) is -0.687. The second-order valence-electron chi connectivity index (χ2n) is 5.54. The van der Waals surface area contributed by atoms with Crippen LogP contribution in [0.5, 0.6) is 0 Å². The van der Waals surface area contributed by atoms with E-state index in [1.54, 1.807) is 12.3 Å². The van der Waals surface area contributed by atoms with Crippen molar-refractivity contribution in [3.63, 3.8) is 0 Å². The Hall–Kier alpha value is -1.33. The molecule has 19 heavy (non-hydrogen) atoms. The summed E-state index contributed by atoms with van der Waals surface area (Å²) in [5, 5.41) is 12.9. The number of β-amino-alcohol motifs (C(OH)–C–C–N with tert-alkyl or cyclic N) is 1. The zero-order valence-electron chi connectivity index (χ0n) is 11.6. The third kappa shape index (κ3) is 3.81. The van der Waals surface area contributed by atoms with Gasteiger partial charge in [-0.15, -0.1) is 0 Å². The lowest BCUT2D eigenvalue weighted by Gasteiger charge is -2.39. The van der Waals surface area contributed by atoms with Gasteiger partial charge in [-0.2, -0.15) is 0 Å². The summed E-state index contributed by atoms with van der Waals surface area (Å²) in [4.78, 5) is 14.1. The third-order valence-corrected chi connectivity index (χ3v) is 3.65. The molecule has 0 spiro atoms. The highest BCUT2D eigenvalue weighted by atomic mass is 16.3. The van der Waals surface area contributed by atoms with E-state index in [-0.39, 0.29) is 11.9 Å². The number of amides is 1. The molecule has 0 aromatic carbocycles. The summed E-state index contributed by atoms with van der Waals surface area (Å²) in [6.07, 6.45) is 3.31. The number of hydrogen-bond donors (Lipinski definition) is 2. The van der Waals surface area contributed by atoms with Crippen LogP contribution in [-0.2, 0) is 11.3 Å². The van der Waals surface area contributed by atoms with Crippen LogP contribution in [0.2, 0.25) is 0 Å². The van der Waals surface area contributed by atoms with E-state index in [0.717, 1.165) is 25.1 Å². The maximum absolute atomic E-state index is 12.1. The second-order valence-corrected chi connectivity index (χ2v) is 5.54. The summed E-state index contributed by atoms with van der Waals surface area (Å²) in [7, 11) is 0. The number of furan rings is 1. The number of nitrogens with one attached hydrogen (secondary N) is 1. The smallest absolute Gasteiger partial charge is 0.237 e. The molecule has 2 unspecified atom stereocenters. The van der Waals surface area contributed by atoms with Gasteiger partial charge in [0, 0.05) is 6.54 Å². The summed E-state index contributed by atoms with van der Waals surface area (Å²) < 4.78 is 5.17. The van der Waals surface area contributed by atoms with Crippen LogP contribution in [0.4, 0.5) is 0 Å². The molecule has 5 heteroatoms. The molecule has 0 aliphatic carbocycles. The molecule has 2 heterocycles. The first-order valence-corrected chi connectivity index (χ1v) is 6.74. The average Bonchev–Trinajstić information content (AvgIpc) is 2.87. The van der Waals surface area contributed by atoms with Gasteiger partial charge in [-0.25, -0.2) is 0 Å². The number of carbonyl (C=O) groups excluding carboxylic acids is 1. The highest BCUT2D eigenvalue weighted by Crippen LogP contribution is 2.21. The van der Waals surface area contributed by atoms with Crippen molar-refractivity contribution in [2.45, 2.75) is 44.9 Å². The van der Waals surface area contributed by atoms with Gasteiger partial charge in [-0.1, -0.05) is 0 Å². The van der Waals surface area contributed by atoms with Gasteiger partial charge in [0.25, 0.3) is 0 Å². The van der Waals surface area contributed by atoms with Gasteiger partial charge in [0.1, 0.15) is 5.76 Å². The van der Waals surface area contributed by atoms with E-state index in [4.69, 9.17) is 4.42 Å². The number of nitrogens with zero attached hydrogens (tertiary/aromatic N) is 1. The molecule has 1 fully saturated rings. The minimum atomic E-state index is -0.687. The molecule has 2 rings (SSSR count). The summed E-state index contributed by atoms with van der Waals surface area (Å²) in [6, 6.07) is 3.39. The van der Waals surface area contributed by atoms with Crippen molar-refractivity contribution in [1.29, 1.82) is 0 Å². The van der Waals surface area contributed by atoms with Crippen LogP contribution < -0.4 is 5.32 Å². The van der Waals surface area contributed by atoms with Gasteiger partial charge >= 0.3 is 0 Å². The first-order valence-electron chi connectivity index (χ1n) is 6.74. The summed E-state index contributed by atoms with van der Waals surface area (Å²) >= 11 is 0. The van der Waals surface area contributed by atoms with Gasteiger partial charge in [-0.05, 0) is 45.4 Å². The first-order chi connectivity index (χ1) is 8.98. The Labute approximate surface area is 113 Å². The fourth-order valence-electron chi connectivity index (χ4n) is 2.49. The first kappa shape index (κ1) is 14.1. The van der Waals surface area contributed by atoms with E-state index in [2.05, 4.69) is 5.32 Å². The van der Waals surface area contributed by atoms with Gasteiger partial charge in [0.15, 0.2) is 0 Å². The zero-order valence-corrected chi connectivity index (χ0v) is 11.6. The van der Waals surface area contributed by atoms with Crippen LogP contribution in [0.15, 0.2) is 22.8 Å². The number of likely N-dealkylation sites (tertiary alicyclic amines) is 1. The molecule has 5 nitrogen and oxygen atoms in total. The number of piperidine rings is 1. The molecule has 106 valence electrons. The van der Waals surface area contributed by atoms with Crippen LogP contribution >= 0.6 is 0 Å². The topological polar surface area (TPSA) is 65.7 Å². The molecule has 0 bridgehead atoms. The van der Waals surface area contributed by atoms with Crippen molar-refractivity contribution in [2.75, 3.05) is 13.1 Å². The Morgan fingerprint density at radius 2 is 2.47 bits per heavy atom. The molecule has 1 amide bonds. The van der Waals surface area contributed by atoms with Crippen molar-refractivity contribution in [3.8, 4) is 0 Å². The molecule has 1 aliphatic heterocycles. The van der Waals surface area contributed by atoms with Gasteiger partial charge in [0.05, 0.1) is 24.5 Å². The molecule has 1 aromatic rings. The monoisotopic (exact) mass is 266 g/mol. The third-order valence-electron chi connectivity index (χ3n) is 3.65. The molecule has 1 aromatic heterocycles. The molecule has 2 atom stereocenters. The van der Waals surface area contributed by atoms with Gasteiger partial charge < -0.3 is 14.8 Å². The maximum Gasteiger partial charge on any atom is 0.237 e. The van der Waals surface area contributed by atoms with E-state index in [1.165, 1.54) is 0 Å². The highest BCUT2D eigenvalue weighted by Gasteiger charge is 2.32. The fraction of sp³-hybridized carbons (Fsp3) is 0.643. The molecular formula is C14H22N2O3. The predicted molar refractivity (Wildman–Crippen MR) is 71.4 cm³/mol. The predicted octanol–water partition coefficient (Wildman–Crippen LogP) is 1.13. The van der Waals surface area contributed by atoms with E-state index in [1.807, 2.05) is 24.8 Å². The average molecular weight is 266 g/mol. The van der Waals surface area contributed by atoms with Crippen LogP contribution in [0.25, 0.3) is 0 Å². The molecular weight excluding hydrogens is 244 g/mol. The normalized spacial score (nSPS) is 26.1. The van der Waals surface area contributed by atoms with Crippen molar-refractivity contribution in [1.82, 2.24) is 10.2 Å². The molecule has 2 N–H and O–H groups in total. The molecule has 1 saturated heterocycles. The van der Waals surface area contributed by atoms with Gasteiger partial charge in [0.2, 0.25) is 5.91 Å². The van der Waals surface area contributed by atoms with Crippen LogP contribution in [0.1, 0.15) is 32.4 Å². The van der Waals surface area contributed by atoms with E-state index < -0.39 is 5.60 Å². The molecule has 0 radical (unpaired) electrons. The number of hydrogen-bond acceptors (Lipinski definition) is 4. The largest absolute Gasteiger partial charge is 0.467 e. The lowest BCUT2D eigenvalue weighted by Crippen LogP contribution is -2.53. The van der Waals surface area contributed by atoms with Crippen molar-refractivity contribution < 1.29 is 14.3 Å². The van der Waals surface area contributed by atoms with Crippen LogP contribution in [0.3, 0.4) is 0 Å². The van der Waals surface area contributed by atoms with E-state index in [0.29, 0.717) is 13.1 Å².